The van der Waals surface area contributed by atoms with Crippen LogP contribution in [0.15, 0.2) is 53.5 Å². The largest absolute Gasteiger partial charge is 0.386 e. The number of carbonyl (C=O) groups excluding carboxylic acids is 1. The van der Waals surface area contributed by atoms with Crippen molar-refractivity contribution in [2.24, 2.45) is 10.7 Å². The highest BCUT2D eigenvalue weighted by atomic mass is 35.5. The molecule has 0 saturated heterocycles. The van der Waals surface area contributed by atoms with Gasteiger partial charge in [0, 0.05) is 16.3 Å². The van der Waals surface area contributed by atoms with E-state index in [1.165, 1.54) is 0 Å². The average molecular weight is 322 g/mol. The maximum atomic E-state index is 12.2. The van der Waals surface area contributed by atoms with E-state index in [1.54, 1.807) is 48.5 Å². The van der Waals surface area contributed by atoms with E-state index in [1.807, 2.05) is 0 Å². The number of alkyl halides is 1. The van der Waals surface area contributed by atoms with Crippen molar-refractivity contribution in [3.63, 3.8) is 0 Å². The first kappa shape index (κ1) is 15.4. The number of anilines is 1. The van der Waals surface area contributed by atoms with Gasteiger partial charge < -0.3 is 11.1 Å². The maximum Gasteiger partial charge on any atom is 0.255 e. The van der Waals surface area contributed by atoms with E-state index in [9.17, 15) is 4.79 Å². The van der Waals surface area contributed by atoms with Gasteiger partial charge in [0.15, 0.2) is 0 Å². The molecule has 0 bridgehead atoms. The molecule has 0 unspecified atom stereocenters. The summed E-state index contributed by atoms with van der Waals surface area (Å²) < 4.78 is 0. The molecule has 2 aromatic rings. The van der Waals surface area contributed by atoms with Gasteiger partial charge in [-0.15, -0.1) is 11.6 Å². The summed E-state index contributed by atoms with van der Waals surface area (Å²) in [5, 5.41) is 3.39. The van der Waals surface area contributed by atoms with Crippen LogP contribution in [-0.2, 0) is 0 Å². The Morgan fingerprint density at radius 1 is 1.19 bits per heavy atom. The molecule has 0 heterocycles. The Hall–Kier alpha value is -2.04. The summed E-state index contributed by atoms with van der Waals surface area (Å²) in [6, 6.07) is 13.7. The van der Waals surface area contributed by atoms with Gasteiger partial charge in [-0.1, -0.05) is 17.7 Å². The fraction of sp³-hybridized carbons (Fsp3) is 0.0667. The second-order valence-corrected chi connectivity index (χ2v) is 4.95. The van der Waals surface area contributed by atoms with Crippen molar-refractivity contribution in [2.45, 2.75) is 0 Å². The van der Waals surface area contributed by atoms with Gasteiger partial charge in [0.1, 0.15) is 5.84 Å². The number of nitrogens with one attached hydrogen (secondary N) is 1. The summed E-state index contributed by atoms with van der Waals surface area (Å²) in [4.78, 5) is 16.3. The molecule has 0 aliphatic rings. The molecule has 0 saturated carbocycles. The Kier molecular flexibility index (Phi) is 5.20. The molecule has 0 aliphatic carbocycles. The van der Waals surface area contributed by atoms with Crippen molar-refractivity contribution >= 4 is 46.3 Å². The van der Waals surface area contributed by atoms with Gasteiger partial charge >= 0.3 is 0 Å². The smallest absolute Gasteiger partial charge is 0.255 e. The van der Waals surface area contributed by atoms with Gasteiger partial charge in [-0.25, -0.2) is 4.99 Å². The van der Waals surface area contributed by atoms with Crippen LogP contribution in [-0.4, -0.2) is 17.6 Å². The molecule has 2 rings (SSSR count). The van der Waals surface area contributed by atoms with Crippen LogP contribution in [0.2, 0.25) is 5.02 Å². The molecule has 0 atom stereocenters. The second kappa shape index (κ2) is 7.11. The standard InChI is InChI=1S/C15H13Cl2N3O/c16-9-14(18)19-13-3-1-2-10(8-13)15(21)20-12-6-4-11(17)5-7-12/h1-8H,9H2,(H2,18,19)(H,20,21). The lowest BCUT2D eigenvalue weighted by Crippen LogP contribution is -2.13. The van der Waals surface area contributed by atoms with Gasteiger partial charge in [0.2, 0.25) is 0 Å². The van der Waals surface area contributed by atoms with Crippen LogP contribution in [0.25, 0.3) is 0 Å². The minimum Gasteiger partial charge on any atom is -0.386 e. The van der Waals surface area contributed by atoms with E-state index in [0.717, 1.165) is 0 Å². The van der Waals surface area contributed by atoms with E-state index < -0.39 is 0 Å². The van der Waals surface area contributed by atoms with Crippen molar-refractivity contribution in [3.05, 3.63) is 59.1 Å². The zero-order valence-electron chi connectivity index (χ0n) is 11.0. The molecule has 108 valence electrons. The summed E-state index contributed by atoms with van der Waals surface area (Å²) >= 11 is 11.4. The van der Waals surface area contributed by atoms with Crippen molar-refractivity contribution in [3.8, 4) is 0 Å². The van der Waals surface area contributed by atoms with Gasteiger partial charge in [-0.05, 0) is 42.5 Å². The molecule has 0 spiro atoms. The van der Waals surface area contributed by atoms with E-state index >= 15 is 0 Å². The van der Waals surface area contributed by atoms with Crippen molar-refractivity contribution in [1.82, 2.24) is 0 Å². The fourth-order valence-corrected chi connectivity index (χ4v) is 1.83. The molecule has 21 heavy (non-hydrogen) atoms. The van der Waals surface area contributed by atoms with E-state index in [4.69, 9.17) is 28.9 Å². The molecule has 0 fully saturated rings. The summed E-state index contributed by atoms with van der Waals surface area (Å²) in [6.07, 6.45) is 0. The molecule has 2 aromatic carbocycles. The SMILES string of the molecule is NC(CCl)=Nc1cccc(C(=O)Nc2ccc(Cl)cc2)c1. The lowest BCUT2D eigenvalue weighted by atomic mass is 10.2. The molecule has 0 aliphatic heterocycles. The molecule has 0 aromatic heterocycles. The first-order valence-corrected chi connectivity index (χ1v) is 7.06. The lowest BCUT2D eigenvalue weighted by molar-refractivity contribution is 0.102. The Morgan fingerprint density at radius 2 is 1.90 bits per heavy atom. The predicted molar refractivity (Wildman–Crippen MR) is 87.8 cm³/mol. The fourth-order valence-electron chi connectivity index (χ4n) is 1.65. The van der Waals surface area contributed by atoms with E-state index in [0.29, 0.717) is 27.8 Å². The number of nitrogens with two attached hydrogens (primary N) is 1. The molecule has 4 nitrogen and oxygen atoms in total. The Labute approximate surface area is 132 Å². The third-order valence-corrected chi connectivity index (χ3v) is 3.15. The molecular weight excluding hydrogens is 309 g/mol. The van der Waals surface area contributed by atoms with Crippen molar-refractivity contribution in [2.75, 3.05) is 11.2 Å². The van der Waals surface area contributed by atoms with Gasteiger partial charge in [0.25, 0.3) is 5.91 Å². The van der Waals surface area contributed by atoms with Crippen LogP contribution in [0.5, 0.6) is 0 Å². The predicted octanol–water partition coefficient (Wildman–Crippen LogP) is 3.82. The first-order valence-electron chi connectivity index (χ1n) is 6.14. The number of rotatable bonds is 4. The minimum atomic E-state index is -0.237. The number of carbonyl (C=O) groups is 1. The number of hydrogen-bond acceptors (Lipinski definition) is 2. The number of benzene rings is 2. The third kappa shape index (κ3) is 4.48. The zero-order valence-corrected chi connectivity index (χ0v) is 12.5. The van der Waals surface area contributed by atoms with Gasteiger partial charge in [-0.3, -0.25) is 4.79 Å². The van der Waals surface area contributed by atoms with Crippen LogP contribution in [0.1, 0.15) is 10.4 Å². The topological polar surface area (TPSA) is 67.5 Å². The van der Waals surface area contributed by atoms with Crippen LogP contribution < -0.4 is 11.1 Å². The van der Waals surface area contributed by atoms with Crippen molar-refractivity contribution in [1.29, 1.82) is 0 Å². The third-order valence-electron chi connectivity index (χ3n) is 2.62. The summed E-state index contributed by atoms with van der Waals surface area (Å²) in [5.41, 5.74) is 7.30. The molecule has 1 amide bonds. The van der Waals surface area contributed by atoms with Crippen LogP contribution in [0, 0.1) is 0 Å². The first-order chi connectivity index (χ1) is 10.1. The maximum absolute atomic E-state index is 12.2. The van der Waals surface area contributed by atoms with E-state index in [2.05, 4.69) is 10.3 Å². The van der Waals surface area contributed by atoms with Crippen LogP contribution >= 0.6 is 23.2 Å². The molecule has 6 heteroatoms. The van der Waals surface area contributed by atoms with Crippen LogP contribution in [0.3, 0.4) is 0 Å². The Bertz CT molecular complexity index is 669. The quantitative estimate of drug-likeness (QED) is 0.510. The monoisotopic (exact) mass is 321 g/mol. The number of halogens is 2. The highest BCUT2D eigenvalue weighted by Gasteiger charge is 2.07. The normalized spacial score (nSPS) is 11.2. The van der Waals surface area contributed by atoms with Gasteiger partial charge in [-0.2, -0.15) is 0 Å². The van der Waals surface area contributed by atoms with E-state index in [-0.39, 0.29) is 11.8 Å². The highest BCUT2D eigenvalue weighted by molar-refractivity contribution is 6.30. The number of hydrogen-bond donors (Lipinski definition) is 2. The zero-order chi connectivity index (χ0) is 15.2. The minimum absolute atomic E-state index is 0.140. The Balaban J connectivity index is 2.16. The molecular formula is C15H13Cl2N3O. The number of nitrogens with zero attached hydrogens (tertiary/aromatic N) is 1. The molecule has 0 radical (unpaired) electrons. The van der Waals surface area contributed by atoms with Crippen LogP contribution in [0.4, 0.5) is 11.4 Å². The summed E-state index contributed by atoms with van der Waals surface area (Å²) in [6.45, 7) is 0. The number of amides is 1. The number of aliphatic imine (C=N–C) groups is 1. The second-order valence-electron chi connectivity index (χ2n) is 4.25. The van der Waals surface area contributed by atoms with Crippen molar-refractivity contribution < 1.29 is 4.79 Å². The number of amidine groups is 1. The summed E-state index contributed by atoms with van der Waals surface area (Å²) in [5.74, 6) is 0.201. The molecule has 3 N–H and O–H groups in total. The lowest BCUT2D eigenvalue weighted by Gasteiger charge is -2.06. The average Bonchev–Trinajstić information content (AvgIpc) is 2.49. The summed E-state index contributed by atoms with van der Waals surface area (Å²) in [7, 11) is 0. The highest BCUT2D eigenvalue weighted by Crippen LogP contribution is 2.17. The Morgan fingerprint density at radius 3 is 2.57 bits per heavy atom. The van der Waals surface area contributed by atoms with Gasteiger partial charge in [0.05, 0.1) is 11.6 Å².